The first-order valence-corrected chi connectivity index (χ1v) is 19.0. The second-order valence-electron chi connectivity index (χ2n) is 14.9. The zero-order valence-corrected chi connectivity index (χ0v) is 28.9. The highest BCUT2D eigenvalue weighted by Crippen LogP contribution is 2.66. The van der Waals surface area contributed by atoms with Crippen molar-refractivity contribution >= 4 is 32.7 Å². The number of hydrogen-bond acceptors (Lipinski definition) is 7. The van der Waals surface area contributed by atoms with Crippen molar-refractivity contribution in [3.05, 3.63) is 53.1 Å². The number of methoxy groups -OCH3 is 1. The van der Waals surface area contributed by atoms with Crippen LogP contribution in [0.2, 0.25) is 0 Å². The topological polar surface area (TPSA) is 110 Å². The number of alkyl halides is 3. The number of carbonyl (C=O) groups is 2. The van der Waals surface area contributed by atoms with Gasteiger partial charge in [0.05, 0.1) is 43.5 Å². The summed E-state index contributed by atoms with van der Waals surface area (Å²) in [6.45, 7) is 2.71. The molecule has 268 valence electrons. The molecule has 2 saturated heterocycles. The first-order valence-electron chi connectivity index (χ1n) is 17.3. The molecule has 3 aromatic rings. The molecule has 8 rings (SSSR count). The predicted molar refractivity (Wildman–Crippen MR) is 180 cm³/mol. The number of nitrogens with one attached hydrogen (secondary N) is 1. The fraction of sp³-hybridized carbons (Fsp3) is 0.556. The number of amides is 2. The maximum Gasteiger partial charge on any atom is 0.404 e. The van der Waals surface area contributed by atoms with Gasteiger partial charge in [0.1, 0.15) is 5.75 Å². The standard InChI is InChI=1S/C36H41F3N4O6S/c1-41-15-23-17-49-18-24(16-41)43(23)34(45)35-14-29(35)28-13-25(48-2)9-11-26(28)32-31(21-6-4-3-5-7-21)27-10-8-22(12-30(27)42(32)19-35)33(44)40-50(46,47)20-36(37,38)39/h8-13,21,23-24,29H,3-7,14-20H2,1-2H3,(H,40,44)/t23-,24?,29?,35?/m1/s1. The number of aromatic nitrogens is 1. The molecule has 0 radical (unpaired) electrons. The van der Waals surface area contributed by atoms with Gasteiger partial charge in [-0.2, -0.15) is 13.2 Å². The van der Waals surface area contributed by atoms with Crippen molar-refractivity contribution in [3.8, 4) is 17.0 Å². The molecule has 4 atom stereocenters. The Labute approximate surface area is 288 Å². The number of fused-ring (bicyclic) bond motifs is 9. The van der Waals surface area contributed by atoms with Crippen molar-refractivity contribution in [3.63, 3.8) is 0 Å². The zero-order chi connectivity index (χ0) is 35.2. The lowest BCUT2D eigenvalue weighted by Crippen LogP contribution is -2.66. The van der Waals surface area contributed by atoms with Crippen LogP contribution in [0.25, 0.3) is 22.2 Å². The van der Waals surface area contributed by atoms with Gasteiger partial charge in [-0.25, -0.2) is 13.1 Å². The van der Waals surface area contributed by atoms with Crippen LogP contribution in [-0.2, 0) is 26.1 Å². The van der Waals surface area contributed by atoms with Gasteiger partial charge in [0.2, 0.25) is 15.9 Å². The predicted octanol–water partition coefficient (Wildman–Crippen LogP) is 5.02. The molecular formula is C36H41F3N4O6S. The van der Waals surface area contributed by atoms with E-state index in [4.69, 9.17) is 9.47 Å². The SMILES string of the molecule is COc1ccc2c(c1)C1CC1(C(=O)N1C3COC[C@H]1CN(C)C3)Cn1c-2c(C2CCCCC2)c2ccc(C(=O)NS(=O)(=O)CC(F)(F)F)cc21. The highest BCUT2D eigenvalue weighted by Gasteiger charge is 2.65. The smallest absolute Gasteiger partial charge is 0.404 e. The molecule has 14 heteroatoms. The van der Waals surface area contributed by atoms with E-state index in [1.807, 2.05) is 12.1 Å². The molecule has 3 unspecified atom stereocenters. The van der Waals surface area contributed by atoms with Gasteiger partial charge in [-0.15, -0.1) is 0 Å². The number of rotatable bonds is 6. The summed E-state index contributed by atoms with van der Waals surface area (Å²) in [5, 5.41) is 0.898. The number of hydrogen-bond donors (Lipinski definition) is 1. The summed E-state index contributed by atoms with van der Waals surface area (Å²) < 4.78 is 78.8. The van der Waals surface area contributed by atoms with Crippen LogP contribution < -0.4 is 9.46 Å². The largest absolute Gasteiger partial charge is 0.497 e. The number of likely N-dealkylation sites (N-methyl/N-ethyl adjacent to an activating group) is 1. The Kier molecular flexibility index (Phi) is 8.03. The number of halogens is 3. The van der Waals surface area contributed by atoms with E-state index in [0.717, 1.165) is 59.9 Å². The van der Waals surface area contributed by atoms with Crippen LogP contribution in [0.3, 0.4) is 0 Å². The quantitative estimate of drug-likeness (QED) is 0.382. The molecule has 2 bridgehead atoms. The first-order chi connectivity index (χ1) is 23.8. The van der Waals surface area contributed by atoms with Gasteiger partial charge < -0.3 is 23.8 Å². The lowest BCUT2D eigenvalue weighted by atomic mass is 9.81. The molecular weight excluding hydrogens is 673 g/mol. The van der Waals surface area contributed by atoms with Gasteiger partial charge in [-0.05, 0) is 73.7 Å². The summed E-state index contributed by atoms with van der Waals surface area (Å²) in [4.78, 5) is 32.6. The lowest BCUT2D eigenvalue weighted by Gasteiger charge is -2.50. The van der Waals surface area contributed by atoms with Gasteiger partial charge in [-0.3, -0.25) is 9.59 Å². The Morgan fingerprint density at radius 3 is 2.44 bits per heavy atom. The number of benzene rings is 2. The number of sulfonamides is 1. The van der Waals surface area contributed by atoms with Crippen molar-refractivity contribution in [1.82, 2.24) is 19.1 Å². The zero-order valence-electron chi connectivity index (χ0n) is 28.1. The molecule has 1 aromatic heterocycles. The van der Waals surface area contributed by atoms with Crippen molar-refractivity contribution < 1.29 is 40.7 Å². The molecule has 2 amide bonds. The van der Waals surface area contributed by atoms with Crippen LogP contribution >= 0.6 is 0 Å². The number of morpholine rings is 1. The minimum absolute atomic E-state index is 0.0728. The molecule has 4 heterocycles. The van der Waals surface area contributed by atoms with Gasteiger partial charge >= 0.3 is 6.18 Å². The van der Waals surface area contributed by atoms with Gasteiger partial charge in [0.15, 0.2) is 5.75 Å². The van der Waals surface area contributed by atoms with Crippen LogP contribution in [-0.4, -0.2) is 99.1 Å². The van der Waals surface area contributed by atoms with Crippen molar-refractivity contribution in [2.24, 2.45) is 5.41 Å². The minimum Gasteiger partial charge on any atom is -0.497 e. The maximum atomic E-state index is 15.0. The Bertz CT molecular complexity index is 1980. The summed E-state index contributed by atoms with van der Waals surface area (Å²) >= 11 is 0. The average Bonchev–Trinajstić information content (AvgIpc) is 3.72. The van der Waals surface area contributed by atoms with Crippen molar-refractivity contribution in [2.45, 2.75) is 75.2 Å². The van der Waals surface area contributed by atoms with E-state index < -0.39 is 33.3 Å². The summed E-state index contributed by atoms with van der Waals surface area (Å²) in [7, 11) is -1.29. The number of piperazine rings is 1. The normalized spacial score (nSPS) is 26.8. The van der Waals surface area contributed by atoms with E-state index in [1.54, 1.807) is 24.0 Å². The summed E-state index contributed by atoms with van der Waals surface area (Å²) in [6.07, 6.45) is 0.877. The molecule has 1 N–H and O–H groups in total. The third kappa shape index (κ3) is 5.67. The molecule has 4 fully saturated rings. The van der Waals surface area contributed by atoms with E-state index in [-0.39, 0.29) is 35.4 Å². The highest BCUT2D eigenvalue weighted by molar-refractivity contribution is 7.90. The molecule has 3 aliphatic heterocycles. The fourth-order valence-electron chi connectivity index (χ4n) is 9.34. The number of carbonyl (C=O) groups excluding carboxylic acids is 2. The second kappa shape index (κ2) is 12.0. The lowest BCUT2D eigenvalue weighted by molar-refractivity contribution is -0.160. The summed E-state index contributed by atoms with van der Waals surface area (Å²) in [5.74, 6) is -2.36. The van der Waals surface area contributed by atoms with Crippen LogP contribution in [0.15, 0.2) is 36.4 Å². The third-order valence-corrected chi connectivity index (χ3v) is 12.7. The van der Waals surface area contributed by atoms with Crippen LogP contribution in [0.4, 0.5) is 13.2 Å². The fourth-order valence-corrected chi connectivity index (χ4v) is 10.2. The Morgan fingerprint density at radius 1 is 1.04 bits per heavy atom. The van der Waals surface area contributed by atoms with Crippen LogP contribution in [0.5, 0.6) is 5.75 Å². The van der Waals surface area contributed by atoms with E-state index in [9.17, 15) is 26.4 Å². The third-order valence-electron chi connectivity index (χ3n) is 11.5. The maximum absolute atomic E-state index is 15.0. The molecule has 10 nitrogen and oxygen atoms in total. The Balaban J connectivity index is 1.29. The molecule has 50 heavy (non-hydrogen) atoms. The second-order valence-corrected chi connectivity index (χ2v) is 16.6. The number of nitrogens with zero attached hydrogens (tertiary/aromatic N) is 3. The van der Waals surface area contributed by atoms with E-state index in [0.29, 0.717) is 50.5 Å². The summed E-state index contributed by atoms with van der Waals surface area (Å²) in [6, 6.07) is 10.7. The summed E-state index contributed by atoms with van der Waals surface area (Å²) in [5.41, 5.74) is 3.97. The van der Waals surface area contributed by atoms with Gasteiger partial charge in [0, 0.05) is 47.6 Å². The number of ether oxygens (including phenoxy) is 2. The molecule has 5 aliphatic rings. The molecule has 2 aromatic carbocycles. The van der Waals surface area contributed by atoms with Crippen LogP contribution in [0, 0.1) is 5.41 Å². The Morgan fingerprint density at radius 2 is 1.76 bits per heavy atom. The average molecular weight is 715 g/mol. The first kappa shape index (κ1) is 33.5. The van der Waals surface area contributed by atoms with Crippen molar-refractivity contribution in [1.29, 1.82) is 0 Å². The van der Waals surface area contributed by atoms with Crippen molar-refractivity contribution in [2.75, 3.05) is 46.2 Å². The van der Waals surface area contributed by atoms with E-state index in [2.05, 4.69) is 27.5 Å². The molecule has 2 saturated carbocycles. The minimum atomic E-state index is -5.00. The van der Waals surface area contributed by atoms with E-state index in [1.165, 1.54) is 6.07 Å². The van der Waals surface area contributed by atoms with Gasteiger partial charge in [0.25, 0.3) is 5.91 Å². The molecule has 0 spiro atoms. The molecule has 2 aliphatic carbocycles. The monoisotopic (exact) mass is 714 g/mol. The van der Waals surface area contributed by atoms with Crippen LogP contribution in [0.1, 0.15) is 71.8 Å². The highest BCUT2D eigenvalue weighted by atomic mass is 32.2. The van der Waals surface area contributed by atoms with E-state index >= 15 is 4.79 Å². The van der Waals surface area contributed by atoms with Gasteiger partial charge in [-0.1, -0.05) is 25.3 Å². The Hall–Kier alpha value is -3.62.